The molecule has 0 unspecified atom stereocenters. The van der Waals surface area contributed by atoms with Crippen LogP contribution in [0.1, 0.15) is 6.42 Å². The molecule has 0 saturated carbocycles. The highest BCUT2D eigenvalue weighted by Crippen LogP contribution is 2.30. The van der Waals surface area contributed by atoms with Gasteiger partial charge in [-0.2, -0.15) is 4.98 Å². The van der Waals surface area contributed by atoms with Crippen molar-refractivity contribution < 1.29 is 23.8 Å². The highest BCUT2D eigenvalue weighted by atomic mass is 35.5. The number of allylic oxidation sites excluding steroid dienone is 1. The van der Waals surface area contributed by atoms with Crippen LogP contribution in [0.3, 0.4) is 0 Å². The van der Waals surface area contributed by atoms with Crippen LogP contribution in [0.4, 0.5) is 0 Å². The lowest BCUT2D eigenvalue weighted by atomic mass is 10.2. The van der Waals surface area contributed by atoms with Crippen molar-refractivity contribution in [3.63, 3.8) is 0 Å². The SMILES string of the molecule is O=C(O)[C@H](Oc1ccc(Oc2nc3ccc(Cl)cc3o2)cc1)C1=CC1. The smallest absolute Gasteiger partial charge is 0.400 e. The first-order valence-corrected chi connectivity index (χ1v) is 7.89. The van der Waals surface area contributed by atoms with Gasteiger partial charge >= 0.3 is 12.0 Å². The fourth-order valence-electron chi connectivity index (χ4n) is 2.30. The standard InChI is InChI=1S/C18H12ClNO5/c19-11-3-8-14-15(9-11)25-18(20-14)24-13-6-4-12(5-7-13)23-16(17(21)22)10-1-2-10/h1,3-9,16H,2H2,(H,21,22)/t16-/m1/s1. The first-order chi connectivity index (χ1) is 12.1. The molecule has 0 bridgehead atoms. The molecule has 126 valence electrons. The van der Waals surface area contributed by atoms with Gasteiger partial charge in [-0.3, -0.25) is 0 Å². The van der Waals surface area contributed by atoms with E-state index in [0.717, 1.165) is 5.57 Å². The maximum absolute atomic E-state index is 11.2. The number of nitrogens with zero attached hydrogens (tertiary/aromatic N) is 1. The lowest BCUT2D eigenvalue weighted by Gasteiger charge is -2.12. The van der Waals surface area contributed by atoms with Crippen molar-refractivity contribution in [1.29, 1.82) is 0 Å². The Bertz CT molecular complexity index is 975. The zero-order valence-electron chi connectivity index (χ0n) is 12.8. The van der Waals surface area contributed by atoms with Crippen molar-refractivity contribution in [1.82, 2.24) is 4.98 Å². The van der Waals surface area contributed by atoms with Gasteiger partial charge in [-0.25, -0.2) is 4.79 Å². The summed E-state index contributed by atoms with van der Waals surface area (Å²) in [7, 11) is 0. The summed E-state index contributed by atoms with van der Waals surface area (Å²) in [4.78, 5) is 15.4. The highest BCUT2D eigenvalue weighted by molar-refractivity contribution is 6.31. The van der Waals surface area contributed by atoms with Gasteiger partial charge in [-0.15, -0.1) is 0 Å². The van der Waals surface area contributed by atoms with Crippen LogP contribution in [0.2, 0.25) is 5.02 Å². The fourth-order valence-corrected chi connectivity index (χ4v) is 2.46. The Morgan fingerprint density at radius 1 is 1.20 bits per heavy atom. The van der Waals surface area contributed by atoms with Crippen LogP contribution in [-0.2, 0) is 4.79 Å². The Morgan fingerprint density at radius 2 is 1.92 bits per heavy atom. The van der Waals surface area contributed by atoms with Crippen LogP contribution in [0.25, 0.3) is 11.1 Å². The number of carbonyl (C=O) groups is 1. The van der Waals surface area contributed by atoms with Gasteiger partial charge < -0.3 is 19.0 Å². The number of carboxylic acid groups (broad SMARTS) is 1. The molecule has 4 rings (SSSR count). The number of benzene rings is 2. The van der Waals surface area contributed by atoms with Gasteiger partial charge in [-0.1, -0.05) is 17.7 Å². The molecule has 2 aromatic carbocycles. The number of oxazole rings is 1. The van der Waals surface area contributed by atoms with Crippen molar-refractivity contribution in [2.45, 2.75) is 12.5 Å². The Kier molecular flexibility index (Phi) is 3.82. The van der Waals surface area contributed by atoms with E-state index in [4.69, 9.17) is 30.6 Å². The van der Waals surface area contributed by atoms with Gasteiger partial charge in [0.05, 0.1) is 0 Å². The Labute approximate surface area is 147 Å². The molecule has 1 aliphatic rings. The Balaban J connectivity index is 1.47. The molecule has 1 atom stereocenters. The van der Waals surface area contributed by atoms with Crippen LogP contribution in [0.15, 0.2) is 58.5 Å². The van der Waals surface area contributed by atoms with Crippen LogP contribution < -0.4 is 9.47 Å². The van der Waals surface area contributed by atoms with Crippen molar-refractivity contribution in [3.8, 4) is 17.6 Å². The van der Waals surface area contributed by atoms with Crippen LogP contribution in [0, 0.1) is 0 Å². The van der Waals surface area contributed by atoms with E-state index in [0.29, 0.717) is 34.0 Å². The number of aromatic nitrogens is 1. The lowest BCUT2D eigenvalue weighted by molar-refractivity contribution is -0.143. The van der Waals surface area contributed by atoms with Crippen LogP contribution in [-0.4, -0.2) is 22.2 Å². The van der Waals surface area contributed by atoms with Gasteiger partial charge in [0, 0.05) is 11.1 Å². The minimum atomic E-state index is -1.01. The first kappa shape index (κ1) is 15.5. The number of hydrogen-bond acceptors (Lipinski definition) is 5. The lowest BCUT2D eigenvalue weighted by Crippen LogP contribution is -2.26. The second-order valence-corrected chi connectivity index (χ2v) is 5.92. The molecule has 0 fully saturated rings. The predicted octanol–water partition coefficient (Wildman–Crippen LogP) is 4.44. The van der Waals surface area contributed by atoms with Gasteiger partial charge in [0.1, 0.15) is 17.0 Å². The predicted molar refractivity (Wildman–Crippen MR) is 90.3 cm³/mol. The topological polar surface area (TPSA) is 81.8 Å². The quantitative estimate of drug-likeness (QED) is 0.657. The largest absolute Gasteiger partial charge is 0.478 e. The summed E-state index contributed by atoms with van der Waals surface area (Å²) >= 11 is 5.91. The van der Waals surface area contributed by atoms with Crippen LogP contribution >= 0.6 is 11.6 Å². The molecule has 3 aromatic rings. The monoisotopic (exact) mass is 357 g/mol. The second-order valence-electron chi connectivity index (χ2n) is 5.48. The molecule has 0 spiro atoms. The summed E-state index contributed by atoms with van der Waals surface area (Å²) in [6.45, 7) is 0. The third kappa shape index (κ3) is 3.44. The number of halogens is 1. The third-order valence-electron chi connectivity index (χ3n) is 3.61. The van der Waals surface area contributed by atoms with Crippen molar-refractivity contribution in [2.24, 2.45) is 0 Å². The van der Waals surface area contributed by atoms with E-state index in [1.165, 1.54) is 0 Å². The number of ether oxygens (including phenoxy) is 2. The van der Waals surface area contributed by atoms with Gasteiger partial charge in [0.15, 0.2) is 5.58 Å². The summed E-state index contributed by atoms with van der Waals surface area (Å²) < 4.78 is 16.5. The normalized spacial score (nSPS) is 14.0. The maximum Gasteiger partial charge on any atom is 0.400 e. The minimum Gasteiger partial charge on any atom is -0.478 e. The molecule has 25 heavy (non-hydrogen) atoms. The van der Waals surface area contributed by atoms with Crippen molar-refractivity contribution >= 4 is 28.7 Å². The van der Waals surface area contributed by atoms with E-state index in [1.54, 1.807) is 42.5 Å². The van der Waals surface area contributed by atoms with Gasteiger partial charge in [0.25, 0.3) is 0 Å². The summed E-state index contributed by atoms with van der Waals surface area (Å²) in [6.07, 6.45) is 1.67. The Morgan fingerprint density at radius 3 is 2.60 bits per heavy atom. The average Bonchev–Trinajstić information content (AvgIpc) is 3.34. The van der Waals surface area contributed by atoms with Crippen molar-refractivity contribution in [3.05, 3.63) is 59.1 Å². The molecular weight excluding hydrogens is 346 g/mol. The molecule has 7 heteroatoms. The third-order valence-corrected chi connectivity index (χ3v) is 3.85. The molecule has 1 aliphatic carbocycles. The highest BCUT2D eigenvalue weighted by Gasteiger charge is 2.29. The minimum absolute atomic E-state index is 0.0949. The number of rotatable bonds is 6. The molecule has 0 saturated heterocycles. The van der Waals surface area contributed by atoms with E-state index in [9.17, 15) is 4.79 Å². The summed E-state index contributed by atoms with van der Waals surface area (Å²) in [6, 6.07) is 11.7. The van der Waals surface area contributed by atoms with E-state index >= 15 is 0 Å². The number of fused-ring (bicyclic) bond motifs is 1. The van der Waals surface area contributed by atoms with E-state index in [2.05, 4.69) is 4.98 Å². The van der Waals surface area contributed by atoms with E-state index < -0.39 is 12.1 Å². The second kappa shape index (κ2) is 6.14. The van der Waals surface area contributed by atoms with Crippen molar-refractivity contribution in [2.75, 3.05) is 0 Å². The van der Waals surface area contributed by atoms with E-state index in [1.807, 2.05) is 6.08 Å². The molecular formula is C18H12ClNO5. The average molecular weight is 358 g/mol. The number of hydrogen-bond donors (Lipinski definition) is 1. The number of carboxylic acids is 1. The summed E-state index contributed by atoms with van der Waals surface area (Å²) in [5.74, 6) is -0.0753. The molecule has 0 radical (unpaired) electrons. The molecule has 0 aliphatic heterocycles. The zero-order chi connectivity index (χ0) is 17.4. The summed E-state index contributed by atoms with van der Waals surface area (Å²) in [5, 5.41) is 9.71. The maximum atomic E-state index is 11.2. The zero-order valence-corrected chi connectivity index (χ0v) is 13.6. The Hall–Kier alpha value is -2.99. The fraction of sp³-hybridized carbons (Fsp3) is 0.111. The molecule has 1 N–H and O–H groups in total. The van der Waals surface area contributed by atoms with E-state index in [-0.39, 0.29) is 6.08 Å². The number of aliphatic carboxylic acids is 1. The van der Waals surface area contributed by atoms with Gasteiger partial charge in [0.2, 0.25) is 6.10 Å². The van der Waals surface area contributed by atoms with Gasteiger partial charge in [-0.05, 0) is 48.4 Å². The van der Waals surface area contributed by atoms with Crippen LogP contribution in [0.5, 0.6) is 17.6 Å². The molecule has 1 heterocycles. The summed E-state index contributed by atoms with van der Waals surface area (Å²) in [5.41, 5.74) is 1.95. The molecule has 6 nitrogen and oxygen atoms in total. The first-order valence-electron chi connectivity index (χ1n) is 7.51. The molecule has 1 aromatic heterocycles. The molecule has 0 amide bonds.